The Labute approximate surface area is 683 Å². The van der Waals surface area contributed by atoms with Crippen LogP contribution in [0.1, 0.15) is 0 Å². The van der Waals surface area contributed by atoms with E-state index in [4.69, 9.17) is 0 Å². The minimum Gasteiger partial charge on any atom is -0.309 e. The van der Waals surface area contributed by atoms with Crippen molar-refractivity contribution in [2.45, 2.75) is 0 Å². The summed E-state index contributed by atoms with van der Waals surface area (Å²) < 4.78 is 46.7. The molecule has 24 rings (SSSR count). The SMILES string of the molecule is O=P(c1ccccc1)(c1ccc2ccc3cccc4ccc1c2c34)c1ccc2ccc3cccc4ccc1c2c34.O=P(c1ccccc1)(c1ccccc1)c1ccc2c(-c3ccc4ccccc4c3)c3ccccc3c(-c3ccc4ccccc4c3)c2c1.O=P(c1ccccc1)(c1ccccc1)c1ccc2ccc3cccc4ccc1c2c34. The maximum absolute atomic E-state index is 16.1. The molecule has 0 aliphatic heterocycles. The van der Waals surface area contributed by atoms with Crippen LogP contribution in [0.3, 0.4) is 0 Å². The molecule has 0 amide bonds. The van der Waals surface area contributed by atoms with Crippen LogP contribution in [-0.4, -0.2) is 0 Å². The van der Waals surface area contributed by atoms with E-state index in [1.807, 2.05) is 152 Å². The van der Waals surface area contributed by atoms with Gasteiger partial charge in [-0.2, -0.15) is 0 Å². The third-order valence-electron chi connectivity index (χ3n) is 24.6. The summed E-state index contributed by atoms with van der Waals surface area (Å²) >= 11 is 0. The van der Waals surface area contributed by atoms with Crippen LogP contribution < -0.4 is 47.7 Å². The summed E-state index contributed by atoms with van der Waals surface area (Å²) in [5.41, 5.74) is 4.66. The van der Waals surface area contributed by atoms with Gasteiger partial charge < -0.3 is 13.7 Å². The molecule has 0 radical (unpaired) electrons. The Morgan fingerprint density at radius 1 is 0.136 bits per heavy atom. The minimum atomic E-state index is -3.29. The van der Waals surface area contributed by atoms with Gasteiger partial charge in [-0.05, 0) is 199 Å². The van der Waals surface area contributed by atoms with Crippen LogP contribution in [0.5, 0.6) is 0 Å². The minimum absolute atomic E-state index is 0.828. The zero-order valence-electron chi connectivity index (χ0n) is 64.2. The fourth-order valence-corrected chi connectivity index (χ4v) is 27.7. The molecule has 0 atom stereocenters. The van der Waals surface area contributed by atoms with E-state index >= 15 is 9.13 Å². The fraction of sp³-hybridized carbons (Fsp3) is 0. The normalized spacial score (nSPS) is 12.2. The summed E-state index contributed by atoms with van der Waals surface area (Å²) in [6, 6.07) is 154. The molecule has 0 heterocycles. The molecule has 3 nitrogen and oxygen atoms in total. The van der Waals surface area contributed by atoms with E-state index in [2.05, 4.69) is 291 Å². The van der Waals surface area contributed by atoms with Gasteiger partial charge in [-0.25, -0.2) is 0 Å². The molecular weight excluding hydrogens is 1490 g/mol. The van der Waals surface area contributed by atoms with Crippen LogP contribution in [0.4, 0.5) is 0 Å². The Kier molecular flexibility index (Phi) is 17.1. The summed E-state index contributed by atoms with van der Waals surface area (Å²) in [4.78, 5) is 0. The van der Waals surface area contributed by atoms with Gasteiger partial charge in [0.25, 0.3) is 0 Å². The van der Waals surface area contributed by atoms with Crippen molar-refractivity contribution in [2.75, 3.05) is 0 Å². The number of rotatable bonds is 11. The second kappa shape index (κ2) is 28.5. The first-order valence-corrected chi connectivity index (χ1v) is 45.4. The lowest BCUT2D eigenvalue weighted by atomic mass is 9.85. The van der Waals surface area contributed by atoms with Gasteiger partial charge >= 0.3 is 0 Å². The number of benzene rings is 24. The molecule has 24 aromatic carbocycles. The summed E-state index contributed by atoms with van der Waals surface area (Å²) in [5.74, 6) is 0. The first kappa shape index (κ1) is 70.7. The van der Waals surface area contributed by atoms with E-state index in [-0.39, 0.29) is 0 Å². The van der Waals surface area contributed by atoms with Gasteiger partial charge in [0.15, 0.2) is 21.4 Å². The Hall–Kier alpha value is -13.9. The van der Waals surface area contributed by atoms with Crippen molar-refractivity contribution in [3.8, 4) is 22.3 Å². The van der Waals surface area contributed by atoms with Crippen LogP contribution in [0.25, 0.3) is 162 Å². The second-order valence-electron chi connectivity index (χ2n) is 31.0. The summed E-state index contributed by atoms with van der Waals surface area (Å²) in [6.07, 6.45) is 0. The highest BCUT2D eigenvalue weighted by Gasteiger charge is 2.36. The molecule has 0 bridgehead atoms. The predicted molar refractivity (Wildman–Crippen MR) is 510 cm³/mol. The molecular formula is C112H73O3P3. The smallest absolute Gasteiger partial charge is 0.172 e. The second-order valence-corrected chi connectivity index (χ2v) is 39.2. The Balaban J connectivity index is 0.000000110. The quantitative estimate of drug-likeness (QED) is 0.0737. The van der Waals surface area contributed by atoms with Crippen LogP contribution >= 0.6 is 21.4 Å². The van der Waals surface area contributed by atoms with E-state index in [0.29, 0.717) is 0 Å². The molecule has 0 saturated carbocycles. The highest BCUT2D eigenvalue weighted by atomic mass is 31.2. The summed E-state index contributed by atoms with van der Waals surface area (Å²) in [6.45, 7) is 0. The first-order valence-electron chi connectivity index (χ1n) is 40.2. The zero-order chi connectivity index (χ0) is 78.6. The number of fused-ring (bicyclic) bond motifs is 4. The number of hydrogen-bond donors (Lipinski definition) is 0. The van der Waals surface area contributed by atoms with Crippen LogP contribution in [-0.2, 0) is 13.7 Å². The van der Waals surface area contributed by atoms with Crippen LogP contribution in [0.15, 0.2) is 443 Å². The molecule has 24 aromatic rings. The first-order chi connectivity index (χ1) is 58.2. The van der Waals surface area contributed by atoms with E-state index in [9.17, 15) is 4.57 Å². The standard InChI is InChI=1S/C46H31OP.C38H23OP.C28H19OP/c47-48(38-17-3-1-4-18-38,39-19-5-2-6-20-39)40-27-28-43-44(31-40)46(37-26-24-33-14-8-10-16-35(33)30-37)42-22-12-11-21-41(42)45(43)36-25-23-32-13-7-9-15-34(32)29-36;39-40(30-10-2-1-3-11-30,33-22-18-28-14-12-24-6-4-8-26-16-20-31(33)37(28)35(24)26)34-23-19-29-15-13-25-7-5-9-27-17-21-32(34)38(29)36(25)27;29-30(23-10-3-1-4-11-23,24-12-5-2-6-13-24)26-19-17-22-15-14-20-8-7-9-21-16-18-25(26)28(22)27(20)21/h1-31H;1-23H;1-19H. The van der Waals surface area contributed by atoms with Gasteiger partial charge in [0, 0.05) is 47.7 Å². The molecule has 0 aromatic heterocycles. The van der Waals surface area contributed by atoms with Crippen molar-refractivity contribution in [3.63, 3.8) is 0 Å². The Bertz CT molecular complexity index is 7930. The zero-order valence-corrected chi connectivity index (χ0v) is 66.9. The Morgan fingerprint density at radius 2 is 0.381 bits per heavy atom. The van der Waals surface area contributed by atoms with Gasteiger partial charge in [0.2, 0.25) is 0 Å². The third kappa shape index (κ3) is 11.4. The van der Waals surface area contributed by atoms with E-state index in [1.165, 1.54) is 124 Å². The molecule has 0 aliphatic carbocycles. The highest BCUT2D eigenvalue weighted by Crippen LogP contribution is 2.53. The number of hydrogen-bond acceptors (Lipinski definition) is 3. The maximum Gasteiger partial charge on any atom is 0.172 e. The Morgan fingerprint density at radius 3 is 0.746 bits per heavy atom. The van der Waals surface area contributed by atoms with Crippen molar-refractivity contribution >= 4 is 209 Å². The molecule has 0 aliphatic rings. The molecule has 0 spiro atoms. The molecule has 554 valence electrons. The van der Waals surface area contributed by atoms with Crippen LogP contribution in [0, 0.1) is 0 Å². The predicted octanol–water partition coefficient (Wildman–Crippen LogP) is 26.6. The van der Waals surface area contributed by atoms with Gasteiger partial charge in [-0.1, -0.05) is 406 Å². The van der Waals surface area contributed by atoms with Crippen LogP contribution in [0.2, 0.25) is 0 Å². The highest BCUT2D eigenvalue weighted by molar-refractivity contribution is 7.86. The van der Waals surface area contributed by atoms with Gasteiger partial charge in [0.05, 0.1) is 0 Å². The molecule has 0 saturated heterocycles. The summed E-state index contributed by atoms with van der Waals surface area (Å²) in [7, 11) is -9.54. The molecule has 0 fully saturated rings. The van der Waals surface area contributed by atoms with Gasteiger partial charge in [0.1, 0.15) is 0 Å². The fourth-order valence-electron chi connectivity index (χ4n) is 19.1. The lowest BCUT2D eigenvalue weighted by Crippen LogP contribution is -2.26. The van der Waals surface area contributed by atoms with E-state index in [0.717, 1.165) is 85.8 Å². The maximum atomic E-state index is 16.1. The van der Waals surface area contributed by atoms with Crippen molar-refractivity contribution in [3.05, 3.63) is 443 Å². The van der Waals surface area contributed by atoms with Gasteiger partial charge in [-0.15, -0.1) is 0 Å². The topological polar surface area (TPSA) is 51.2 Å². The lowest BCUT2D eigenvalue weighted by molar-refractivity contribution is 0.591. The summed E-state index contributed by atoms with van der Waals surface area (Å²) in [5, 5.41) is 38.6. The molecule has 118 heavy (non-hydrogen) atoms. The largest absolute Gasteiger partial charge is 0.309 e. The third-order valence-corrected chi connectivity index (χ3v) is 33.9. The van der Waals surface area contributed by atoms with Crippen molar-refractivity contribution < 1.29 is 13.7 Å². The average Bonchev–Trinajstić information content (AvgIpc) is 0.712. The van der Waals surface area contributed by atoms with Crippen molar-refractivity contribution in [2.24, 2.45) is 0 Å². The molecule has 0 N–H and O–H groups in total. The van der Waals surface area contributed by atoms with E-state index in [1.54, 1.807) is 0 Å². The monoisotopic (exact) mass is 1560 g/mol. The average molecular weight is 1560 g/mol. The lowest BCUT2D eigenvalue weighted by Gasteiger charge is -2.25. The van der Waals surface area contributed by atoms with E-state index < -0.39 is 21.4 Å². The molecule has 6 heteroatoms. The molecule has 0 unspecified atom stereocenters. The van der Waals surface area contributed by atoms with Crippen molar-refractivity contribution in [1.29, 1.82) is 0 Å². The van der Waals surface area contributed by atoms with Crippen molar-refractivity contribution in [1.82, 2.24) is 0 Å². The van der Waals surface area contributed by atoms with Gasteiger partial charge in [-0.3, -0.25) is 0 Å².